The fourth-order valence-corrected chi connectivity index (χ4v) is 4.12. The smallest absolute Gasteiger partial charge is 0.292 e. The van der Waals surface area contributed by atoms with Crippen molar-refractivity contribution < 1.29 is 13.6 Å². The van der Waals surface area contributed by atoms with Crippen molar-refractivity contribution in [3.05, 3.63) is 59.3 Å². The Labute approximate surface area is 187 Å². The van der Waals surface area contributed by atoms with Gasteiger partial charge in [-0.25, -0.2) is 19.3 Å². The van der Waals surface area contributed by atoms with Gasteiger partial charge in [-0.3, -0.25) is 4.79 Å². The first kappa shape index (κ1) is 21.9. The van der Waals surface area contributed by atoms with Crippen LogP contribution in [0.3, 0.4) is 0 Å². The molecule has 8 heteroatoms. The largest absolute Gasteiger partial charge is 0.435 e. The number of piperidine rings is 1. The number of hydrogen-bond donors (Lipinski definition) is 0. The molecule has 1 aromatic carbocycles. The molecule has 0 radical (unpaired) electrons. The number of likely N-dealkylation sites (tertiary alicyclic amines) is 1. The predicted octanol–water partition coefficient (Wildman–Crippen LogP) is 4.57. The summed E-state index contributed by atoms with van der Waals surface area (Å²) in [6.07, 6.45) is 4.97. The summed E-state index contributed by atoms with van der Waals surface area (Å²) in [6, 6.07) is 6.12. The van der Waals surface area contributed by atoms with Crippen molar-refractivity contribution in [2.24, 2.45) is 0 Å². The SMILES string of the molecule is CCc1nc(C)c(C(=O)N2CCCC[C@H]2c2nc(N(C)C)ncc2-c2cccc(F)c2)o1. The summed E-state index contributed by atoms with van der Waals surface area (Å²) in [5, 5.41) is 0. The highest BCUT2D eigenvalue weighted by molar-refractivity contribution is 5.93. The number of rotatable bonds is 5. The third kappa shape index (κ3) is 4.22. The summed E-state index contributed by atoms with van der Waals surface area (Å²) in [7, 11) is 3.74. The third-order valence-corrected chi connectivity index (χ3v) is 5.76. The van der Waals surface area contributed by atoms with Crippen LogP contribution in [0.1, 0.15) is 60.1 Å². The summed E-state index contributed by atoms with van der Waals surface area (Å²) in [6.45, 7) is 4.33. The van der Waals surface area contributed by atoms with Gasteiger partial charge in [-0.15, -0.1) is 0 Å². The number of halogens is 1. The van der Waals surface area contributed by atoms with E-state index in [0.29, 0.717) is 36.1 Å². The first-order valence-corrected chi connectivity index (χ1v) is 11.0. The van der Waals surface area contributed by atoms with E-state index < -0.39 is 0 Å². The standard InChI is InChI=1S/C24H28FN5O2/c1-5-20-27-15(2)22(32-20)23(31)30-12-7-6-11-19(30)21-18(14-26-24(28-21)29(3)4)16-9-8-10-17(25)13-16/h8-10,13-14,19H,5-7,11-12H2,1-4H3/t19-/m0/s1. The van der Waals surface area contributed by atoms with Crippen LogP contribution in [-0.4, -0.2) is 46.4 Å². The molecule has 4 rings (SSSR count). The first-order valence-electron chi connectivity index (χ1n) is 11.0. The highest BCUT2D eigenvalue weighted by Crippen LogP contribution is 2.37. The van der Waals surface area contributed by atoms with E-state index in [-0.39, 0.29) is 23.5 Å². The monoisotopic (exact) mass is 437 g/mol. The minimum Gasteiger partial charge on any atom is -0.435 e. The van der Waals surface area contributed by atoms with E-state index in [0.717, 1.165) is 30.5 Å². The van der Waals surface area contributed by atoms with Crippen molar-refractivity contribution in [1.29, 1.82) is 0 Å². The molecule has 1 saturated heterocycles. The normalized spacial score (nSPS) is 16.3. The summed E-state index contributed by atoms with van der Waals surface area (Å²) >= 11 is 0. The molecule has 3 aromatic rings. The number of nitrogens with zero attached hydrogens (tertiary/aromatic N) is 5. The Kier molecular flexibility index (Phi) is 6.21. The second kappa shape index (κ2) is 9.06. The van der Waals surface area contributed by atoms with Crippen molar-refractivity contribution >= 4 is 11.9 Å². The van der Waals surface area contributed by atoms with Gasteiger partial charge in [0, 0.05) is 38.8 Å². The van der Waals surface area contributed by atoms with Crippen molar-refractivity contribution in [2.45, 2.75) is 45.6 Å². The molecular formula is C24H28FN5O2. The molecule has 1 fully saturated rings. The van der Waals surface area contributed by atoms with Gasteiger partial charge in [0.15, 0.2) is 5.89 Å². The Morgan fingerprint density at radius 1 is 1.28 bits per heavy atom. The van der Waals surface area contributed by atoms with Gasteiger partial charge >= 0.3 is 0 Å². The summed E-state index contributed by atoms with van der Waals surface area (Å²) in [5.41, 5.74) is 2.73. The van der Waals surface area contributed by atoms with E-state index in [1.807, 2.05) is 36.9 Å². The fourth-order valence-electron chi connectivity index (χ4n) is 4.12. The Morgan fingerprint density at radius 3 is 2.78 bits per heavy atom. The molecular weight excluding hydrogens is 409 g/mol. The van der Waals surface area contributed by atoms with Gasteiger partial charge in [0.1, 0.15) is 5.82 Å². The van der Waals surface area contributed by atoms with Gasteiger partial charge in [-0.2, -0.15) is 0 Å². The maximum Gasteiger partial charge on any atom is 0.292 e. The molecule has 1 amide bonds. The lowest BCUT2D eigenvalue weighted by molar-refractivity contribution is 0.0571. The molecule has 0 bridgehead atoms. The zero-order chi connectivity index (χ0) is 22.8. The number of amides is 1. The molecule has 0 unspecified atom stereocenters. The molecule has 1 aliphatic rings. The van der Waals surface area contributed by atoms with Gasteiger partial charge < -0.3 is 14.2 Å². The number of aryl methyl sites for hydroxylation is 2. The molecule has 0 spiro atoms. The minimum atomic E-state index is -0.328. The zero-order valence-corrected chi connectivity index (χ0v) is 18.9. The van der Waals surface area contributed by atoms with Crippen LogP contribution < -0.4 is 4.90 Å². The van der Waals surface area contributed by atoms with Crippen molar-refractivity contribution in [1.82, 2.24) is 19.9 Å². The Balaban J connectivity index is 1.80. The molecule has 168 valence electrons. The van der Waals surface area contributed by atoms with Gasteiger partial charge in [0.25, 0.3) is 5.91 Å². The second-order valence-corrected chi connectivity index (χ2v) is 8.26. The summed E-state index contributed by atoms with van der Waals surface area (Å²) in [4.78, 5) is 30.8. The average molecular weight is 438 g/mol. The summed E-state index contributed by atoms with van der Waals surface area (Å²) < 4.78 is 19.8. The van der Waals surface area contributed by atoms with Gasteiger partial charge in [-0.05, 0) is 43.9 Å². The van der Waals surface area contributed by atoms with Crippen molar-refractivity contribution in [3.63, 3.8) is 0 Å². The Bertz CT molecular complexity index is 1130. The lowest BCUT2D eigenvalue weighted by atomic mass is 9.93. The van der Waals surface area contributed by atoms with Crippen molar-refractivity contribution in [3.8, 4) is 11.1 Å². The van der Waals surface area contributed by atoms with E-state index in [1.165, 1.54) is 12.1 Å². The van der Waals surface area contributed by atoms with Crippen LogP contribution in [-0.2, 0) is 6.42 Å². The second-order valence-electron chi connectivity index (χ2n) is 8.26. The Morgan fingerprint density at radius 2 is 2.09 bits per heavy atom. The summed E-state index contributed by atoms with van der Waals surface area (Å²) in [5.74, 6) is 0.864. The van der Waals surface area contributed by atoms with E-state index >= 15 is 0 Å². The lowest BCUT2D eigenvalue weighted by Gasteiger charge is -2.36. The molecule has 0 aliphatic carbocycles. The molecule has 1 atom stereocenters. The highest BCUT2D eigenvalue weighted by atomic mass is 19.1. The van der Waals surface area contributed by atoms with E-state index in [9.17, 15) is 9.18 Å². The van der Waals surface area contributed by atoms with E-state index in [2.05, 4.69) is 9.97 Å². The topological polar surface area (TPSA) is 75.4 Å². The van der Waals surface area contributed by atoms with Gasteiger partial charge in [-0.1, -0.05) is 19.1 Å². The molecule has 0 saturated carbocycles. The number of anilines is 1. The quantitative estimate of drug-likeness (QED) is 0.582. The highest BCUT2D eigenvalue weighted by Gasteiger charge is 2.34. The van der Waals surface area contributed by atoms with Crippen molar-refractivity contribution in [2.75, 3.05) is 25.5 Å². The van der Waals surface area contributed by atoms with Crippen LogP contribution in [0.2, 0.25) is 0 Å². The fraction of sp³-hybridized carbons (Fsp3) is 0.417. The Hall–Kier alpha value is -3.29. The minimum absolute atomic E-state index is 0.186. The van der Waals surface area contributed by atoms with Crippen LogP contribution in [0.4, 0.5) is 10.3 Å². The average Bonchev–Trinajstić information content (AvgIpc) is 3.19. The van der Waals surface area contributed by atoms with Crippen LogP contribution in [0.15, 0.2) is 34.9 Å². The van der Waals surface area contributed by atoms with E-state index in [4.69, 9.17) is 9.40 Å². The van der Waals surface area contributed by atoms with Crippen LogP contribution in [0.5, 0.6) is 0 Å². The van der Waals surface area contributed by atoms with E-state index in [1.54, 1.807) is 19.2 Å². The molecule has 2 aromatic heterocycles. The molecule has 7 nitrogen and oxygen atoms in total. The number of hydrogen-bond acceptors (Lipinski definition) is 6. The maximum atomic E-state index is 14.0. The lowest BCUT2D eigenvalue weighted by Crippen LogP contribution is -2.39. The first-order chi connectivity index (χ1) is 15.4. The molecule has 0 N–H and O–H groups in total. The third-order valence-electron chi connectivity index (χ3n) is 5.76. The number of oxazole rings is 1. The molecule has 1 aliphatic heterocycles. The number of carbonyl (C=O) groups excluding carboxylic acids is 1. The molecule has 32 heavy (non-hydrogen) atoms. The van der Waals surface area contributed by atoms with Gasteiger partial charge in [0.2, 0.25) is 11.7 Å². The maximum absolute atomic E-state index is 14.0. The number of carbonyl (C=O) groups is 1. The zero-order valence-electron chi connectivity index (χ0n) is 18.9. The van der Waals surface area contributed by atoms with Gasteiger partial charge in [0.05, 0.1) is 17.4 Å². The van der Waals surface area contributed by atoms with Crippen LogP contribution >= 0.6 is 0 Å². The number of aromatic nitrogens is 3. The van der Waals surface area contributed by atoms with Crippen LogP contribution in [0.25, 0.3) is 11.1 Å². The predicted molar refractivity (Wildman–Crippen MR) is 120 cm³/mol. The van der Waals surface area contributed by atoms with Crippen LogP contribution in [0, 0.1) is 12.7 Å². The number of benzene rings is 1. The molecule has 3 heterocycles.